The summed E-state index contributed by atoms with van der Waals surface area (Å²) in [5.74, 6) is 0.00554. The zero-order valence-electron chi connectivity index (χ0n) is 17.8. The number of thioether (sulfide) groups is 1. The van der Waals surface area contributed by atoms with E-state index in [1.165, 1.54) is 12.0 Å². The van der Waals surface area contributed by atoms with Gasteiger partial charge in [0.2, 0.25) is 0 Å². The minimum atomic E-state index is -0.475. The molecule has 1 fully saturated rings. The lowest BCUT2D eigenvalue weighted by atomic mass is 10.1. The van der Waals surface area contributed by atoms with Crippen molar-refractivity contribution in [3.63, 3.8) is 0 Å². The number of rotatable bonds is 8. The molecular formula is C23H22INO6S. The van der Waals surface area contributed by atoms with Crippen molar-refractivity contribution in [1.82, 2.24) is 4.90 Å². The summed E-state index contributed by atoms with van der Waals surface area (Å²) in [6.07, 6.45) is 1.65. The van der Waals surface area contributed by atoms with Gasteiger partial charge in [-0.25, -0.2) is 4.79 Å². The maximum Gasteiger partial charge on any atom is 0.344 e. The maximum absolute atomic E-state index is 12.8. The number of carbonyl (C=O) groups excluding carboxylic acids is 3. The standard InChI is InChI=1S/C23H22INO6S/c1-4-30-20(26)13-31-21-17(24)9-16(10-18(21)29-3)11-19-22(27)25(23(28)32-19)12-15-7-5-14(2)6-8-15/h5-11H,4,12-13H2,1-3H3/b19-11-. The Hall–Kier alpha value is -2.53. The Balaban J connectivity index is 1.79. The molecule has 3 rings (SSSR count). The Labute approximate surface area is 204 Å². The lowest BCUT2D eigenvalue weighted by molar-refractivity contribution is -0.145. The zero-order valence-corrected chi connectivity index (χ0v) is 20.8. The predicted molar refractivity (Wildman–Crippen MR) is 131 cm³/mol. The fourth-order valence-corrected chi connectivity index (χ4v) is 4.58. The average molecular weight is 567 g/mol. The molecule has 168 valence electrons. The first-order valence-corrected chi connectivity index (χ1v) is 11.7. The van der Waals surface area contributed by atoms with Crippen LogP contribution in [-0.2, 0) is 20.9 Å². The number of benzene rings is 2. The third kappa shape index (κ3) is 5.83. The first kappa shape index (κ1) is 24.1. The van der Waals surface area contributed by atoms with Crippen molar-refractivity contribution in [2.24, 2.45) is 0 Å². The third-order valence-corrected chi connectivity index (χ3v) is 6.23. The number of amides is 2. The van der Waals surface area contributed by atoms with Gasteiger partial charge in [0.1, 0.15) is 0 Å². The van der Waals surface area contributed by atoms with Crippen LogP contribution >= 0.6 is 34.4 Å². The van der Waals surface area contributed by atoms with E-state index in [4.69, 9.17) is 14.2 Å². The van der Waals surface area contributed by atoms with Crippen LogP contribution in [0.4, 0.5) is 4.79 Å². The van der Waals surface area contributed by atoms with E-state index in [0.717, 1.165) is 22.9 Å². The highest BCUT2D eigenvalue weighted by Gasteiger charge is 2.35. The van der Waals surface area contributed by atoms with Gasteiger partial charge in [0.25, 0.3) is 11.1 Å². The minimum Gasteiger partial charge on any atom is -0.493 e. The Bertz CT molecular complexity index is 1070. The molecule has 0 spiro atoms. The summed E-state index contributed by atoms with van der Waals surface area (Å²) in [5.41, 5.74) is 2.68. The number of aryl methyl sites for hydroxylation is 1. The second-order valence-electron chi connectivity index (χ2n) is 6.88. The first-order chi connectivity index (χ1) is 15.3. The fraction of sp³-hybridized carbons (Fsp3) is 0.261. The molecule has 0 aliphatic carbocycles. The van der Waals surface area contributed by atoms with Crippen molar-refractivity contribution in [1.29, 1.82) is 0 Å². The van der Waals surface area contributed by atoms with Gasteiger partial charge in [0.05, 0.1) is 28.7 Å². The van der Waals surface area contributed by atoms with E-state index in [1.54, 1.807) is 25.1 Å². The quantitative estimate of drug-likeness (QED) is 0.258. The molecule has 0 unspecified atom stereocenters. The van der Waals surface area contributed by atoms with Crippen molar-refractivity contribution in [3.8, 4) is 11.5 Å². The lowest BCUT2D eigenvalue weighted by Gasteiger charge is -2.13. The fourth-order valence-electron chi connectivity index (χ4n) is 2.96. The molecule has 1 aliphatic heterocycles. The van der Waals surface area contributed by atoms with Crippen LogP contribution in [0.25, 0.3) is 6.08 Å². The van der Waals surface area contributed by atoms with Crippen LogP contribution in [0.3, 0.4) is 0 Å². The van der Waals surface area contributed by atoms with Gasteiger partial charge in [-0.05, 0) is 77.5 Å². The summed E-state index contributed by atoms with van der Waals surface area (Å²) in [7, 11) is 1.49. The van der Waals surface area contributed by atoms with Gasteiger partial charge in [0.15, 0.2) is 18.1 Å². The summed E-state index contributed by atoms with van der Waals surface area (Å²) in [6, 6.07) is 11.2. The summed E-state index contributed by atoms with van der Waals surface area (Å²) >= 11 is 2.97. The van der Waals surface area contributed by atoms with Gasteiger partial charge in [-0.3, -0.25) is 14.5 Å². The Morgan fingerprint density at radius 1 is 1.19 bits per heavy atom. The molecular weight excluding hydrogens is 545 g/mol. The van der Waals surface area contributed by atoms with Crippen molar-refractivity contribution in [2.75, 3.05) is 20.3 Å². The molecule has 1 heterocycles. The number of methoxy groups -OCH3 is 1. The van der Waals surface area contributed by atoms with Crippen LogP contribution in [0, 0.1) is 10.5 Å². The number of carbonyl (C=O) groups is 3. The van der Waals surface area contributed by atoms with Crippen LogP contribution in [0.15, 0.2) is 41.3 Å². The summed E-state index contributed by atoms with van der Waals surface area (Å²) in [5, 5.41) is -0.308. The van der Waals surface area contributed by atoms with Crippen molar-refractivity contribution in [3.05, 3.63) is 61.6 Å². The van der Waals surface area contributed by atoms with E-state index >= 15 is 0 Å². The van der Waals surface area contributed by atoms with Crippen molar-refractivity contribution < 1.29 is 28.6 Å². The minimum absolute atomic E-state index is 0.226. The van der Waals surface area contributed by atoms with Crippen LogP contribution in [-0.4, -0.2) is 42.3 Å². The van der Waals surface area contributed by atoms with Crippen molar-refractivity contribution >= 4 is 57.5 Å². The molecule has 2 amide bonds. The number of halogens is 1. The number of imide groups is 1. The molecule has 1 saturated heterocycles. The highest BCUT2D eigenvalue weighted by Crippen LogP contribution is 2.37. The number of hydrogen-bond acceptors (Lipinski definition) is 7. The highest BCUT2D eigenvalue weighted by molar-refractivity contribution is 14.1. The molecule has 9 heteroatoms. The van der Waals surface area contributed by atoms with Gasteiger partial charge in [-0.2, -0.15) is 0 Å². The van der Waals surface area contributed by atoms with Gasteiger partial charge >= 0.3 is 5.97 Å². The number of ether oxygens (including phenoxy) is 3. The van der Waals surface area contributed by atoms with Crippen LogP contribution < -0.4 is 9.47 Å². The highest BCUT2D eigenvalue weighted by atomic mass is 127. The monoisotopic (exact) mass is 567 g/mol. The molecule has 0 bridgehead atoms. The maximum atomic E-state index is 12.8. The van der Waals surface area contributed by atoms with E-state index in [0.29, 0.717) is 25.5 Å². The predicted octanol–water partition coefficient (Wildman–Crippen LogP) is 4.79. The number of esters is 1. The molecule has 32 heavy (non-hydrogen) atoms. The SMILES string of the molecule is CCOC(=O)COc1c(I)cc(/C=C2\SC(=O)N(Cc3ccc(C)cc3)C2=O)cc1OC. The van der Waals surface area contributed by atoms with Crippen LogP contribution in [0.5, 0.6) is 11.5 Å². The number of hydrogen-bond donors (Lipinski definition) is 0. The summed E-state index contributed by atoms with van der Waals surface area (Å²) in [6.45, 7) is 3.96. The van der Waals surface area contributed by atoms with Crippen molar-refractivity contribution in [2.45, 2.75) is 20.4 Å². The Kier molecular flexibility index (Phi) is 8.19. The molecule has 7 nitrogen and oxygen atoms in total. The molecule has 0 aromatic heterocycles. The average Bonchev–Trinajstić information content (AvgIpc) is 3.01. The molecule has 0 N–H and O–H groups in total. The first-order valence-electron chi connectivity index (χ1n) is 9.79. The third-order valence-electron chi connectivity index (χ3n) is 4.52. The lowest BCUT2D eigenvalue weighted by Crippen LogP contribution is -2.27. The Morgan fingerprint density at radius 3 is 2.56 bits per heavy atom. The molecule has 0 saturated carbocycles. The second-order valence-corrected chi connectivity index (χ2v) is 9.04. The zero-order chi connectivity index (χ0) is 23.3. The molecule has 2 aromatic rings. The normalized spacial score (nSPS) is 14.8. The molecule has 2 aromatic carbocycles. The summed E-state index contributed by atoms with van der Waals surface area (Å²) in [4.78, 5) is 38.4. The van der Waals surface area contributed by atoms with Gasteiger partial charge in [0, 0.05) is 0 Å². The second kappa shape index (κ2) is 10.9. The van der Waals surface area contributed by atoms with Gasteiger partial charge < -0.3 is 14.2 Å². The topological polar surface area (TPSA) is 82.1 Å². The van der Waals surface area contributed by atoms with Crippen LogP contribution in [0.1, 0.15) is 23.6 Å². The van der Waals surface area contributed by atoms with E-state index in [2.05, 4.69) is 22.6 Å². The van der Waals surface area contributed by atoms with E-state index in [1.807, 2.05) is 31.2 Å². The largest absolute Gasteiger partial charge is 0.493 e. The molecule has 1 aliphatic rings. The van der Waals surface area contributed by atoms with Gasteiger partial charge in [-0.15, -0.1) is 0 Å². The van der Waals surface area contributed by atoms with Crippen LogP contribution in [0.2, 0.25) is 0 Å². The molecule has 0 radical (unpaired) electrons. The molecule has 0 atom stereocenters. The summed E-state index contributed by atoms with van der Waals surface area (Å²) < 4.78 is 16.5. The van der Waals surface area contributed by atoms with Gasteiger partial charge in [-0.1, -0.05) is 29.8 Å². The Morgan fingerprint density at radius 2 is 1.91 bits per heavy atom. The van der Waals surface area contributed by atoms with E-state index in [-0.39, 0.29) is 30.9 Å². The van der Waals surface area contributed by atoms with E-state index < -0.39 is 5.97 Å². The van der Waals surface area contributed by atoms with E-state index in [9.17, 15) is 14.4 Å². The number of nitrogens with zero attached hydrogens (tertiary/aromatic N) is 1. The smallest absolute Gasteiger partial charge is 0.344 e.